The van der Waals surface area contributed by atoms with Gasteiger partial charge < -0.3 is 10.5 Å². The van der Waals surface area contributed by atoms with Gasteiger partial charge in [0, 0.05) is 10.7 Å². The van der Waals surface area contributed by atoms with Crippen LogP contribution in [0.15, 0.2) is 23.6 Å². The van der Waals surface area contributed by atoms with Crippen molar-refractivity contribution in [2.75, 3.05) is 7.11 Å². The summed E-state index contributed by atoms with van der Waals surface area (Å²) in [7, 11) is 1.69. The van der Waals surface area contributed by atoms with Crippen molar-refractivity contribution < 1.29 is 4.74 Å². The van der Waals surface area contributed by atoms with E-state index in [0.717, 1.165) is 12.2 Å². The summed E-state index contributed by atoms with van der Waals surface area (Å²) in [4.78, 5) is 0. The van der Waals surface area contributed by atoms with Crippen LogP contribution in [0, 0.1) is 0 Å². The van der Waals surface area contributed by atoms with Crippen LogP contribution in [0.1, 0.15) is 12.5 Å². The lowest BCUT2D eigenvalue weighted by Gasteiger charge is -2.04. The number of hydrogen-bond donors (Lipinski definition) is 1. The van der Waals surface area contributed by atoms with Crippen molar-refractivity contribution in [2.45, 2.75) is 19.4 Å². The Balaban J connectivity index is 2.43. The number of fused-ring (bicyclic) bond motifs is 1. The number of methoxy groups -OCH3 is 1. The third kappa shape index (κ3) is 2.13. The molecule has 0 radical (unpaired) electrons. The highest BCUT2D eigenvalue weighted by atomic mass is 32.1. The highest BCUT2D eigenvalue weighted by Crippen LogP contribution is 2.29. The summed E-state index contributed by atoms with van der Waals surface area (Å²) in [6.45, 7) is 2.03. The summed E-state index contributed by atoms with van der Waals surface area (Å²) in [6, 6.07) is 6.40. The Labute approximate surface area is 93.7 Å². The number of thiophene rings is 1. The Bertz CT molecular complexity index is 462. The van der Waals surface area contributed by atoms with Gasteiger partial charge in [0.05, 0.1) is 7.11 Å². The molecule has 0 saturated carbocycles. The second-order valence-electron chi connectivity index (χ2n) is 3.80. The number of ether oxygens (including phenoxy) is 1. The molecule has 2 nitrogen and oxygen atoms in total. The fraction of sp³-hybridized carbons (Fsp3) is 0.333. The largest absolute Gasteiger partial charge is 0.497 e. The van der Waals surface area contributed by atoms with E-state index in [4.69, 9.17) is 10.5 Å². The van der Waals surface area contributed by atoms with Crippen molar-refractivity contribution in [2.24, 2.45) is 5.73 Å². The molecule has 0 amide bonds. The third-order valence-corrected chi connectivity index (χ3v) is 3.40. The van der Waals surface area contributed by atoms with Crippen LogP contribution in [0.3, 0.4) is 0 Å². The van der Waals surface area contributed by atoms with Gasteiger partial charge in [-0.05, 0) is 47.9 Å². The third-order valence-electron chi connectivity index (χ3n) is 2.40. The molecule has 1 heterocycles. The SMILES string of the molecule is COc1ccc2c(CC(C)N)csc2c1. The van der Waals surface area contributed by atoms with Gasteiger partial charge in [-0.25, -0.2) is 0 Å². The first-order chi connectivity index (χ1) is 7.20. The first-order valence-electron chi connectivity index (χ1n) is 5.00. The number of hydrogen-bond acceptors (Lipinski definition) is 3. The number of benzene rings is 1. The van der Waals surface area contributed by atoms with Crippen molar-refractivity contribution in [3.63, 3.8) is 0 Å². The lowest BCUT2D eigenvalue weighted by molar-refractivity contribution is 0.415. The molecular formula is C12H15NOS. The van der Waals surface area contributed by atoms with E-state index in [1.165, 1.54) is 15.6 Å². The smallest absolute Gasteiger partial charge is 0.120 e. The van der Waals surface area contributed by atoms with Crippen molar-refractivity contribution >= 4 is 21.4 Å². The molecule has 0 aliphatic heterocycles. The molecule has 0 fully saturated rings. The van der Waals surface area contributed by atoms with Crippen molar-refractivity contribution in [1.82, 2.24) is 0 Å². The second-order valence-corrected chi connectivity index (χ2v) is 4.72. The van der Waals surface area contributed by atoms with Gasteiger partial charge in [0.1, 0.15) is 5.75 Å². The van der Waals surface area contributed by atoms with Gasteiger partial charge in [0.15, 0.2) is 0 Å². The standard InChI is InChI=1S/C12H15NOS/c1-8(13)5-9-7-15-12-6-10(14-2)3-4-11(9)12/h3-4,6-8H,5,13H2,1-2H3. The maximum absolute atomic E-state index is 5.81. The van der Waals surface area contributed by atoms with E-state index in [0.29, 0.717) is 0 Å². The van der Waals surface area contributed by atoms with Crippen LogP contribution in [0.25, 0.3) is 10.1 Å². The Morgan fingerprint density at radius 3 is 2.93 bits per heavy atom. The maximum atomic E-state index is 5.81. The summed E-state index contributed by atoms with van der Waals surface area (Å²) in [6.07, 6.45) is 0.937. The van der Waals surface area contributed by atoms with E-state index >= 15 is 0 Å². The monoisotopic (exact) mass is 221 g/mol. The van der Waals surface area contributed by atoms with E-state index in [9.17, 15) is 0 Å². The first-order valence-corrected chi connectivity index (χ1v) is 5.88. The Hall–Kier alpha value is -1.06. The lowest BCUT2D eigenvalue weighted by atomic mass is 10.1. The first kappa shape index (κ1) is 10.5. The van der Waals surface area contributed by atoms with E-state index in [1.807, 2.05) is 13.0 Å². The topological polar surface area (TPSA) is 35.2 Å². The summed E-state index contributed by atoms with van der Waals surface area (Å²) in [5.74, 6) is 0.914. The minimum atomic E-state index is 0.213. The summed E-state index contributed by atoms with van der Waals surface area (Å²) in [5.41, 5.74) is 7.15. The zero-order valence-corrected chi connectivity index (χ0v) is 9.80. The zero-order chi connectivity index (χ0) is 10.8. The molecule has 2 aromatic rings. The Morgan fingerprint density at radius 1 is 1.47 bits per heavy atom. The lowest BCUT2D eigenvalue weighted by Crippen LogP contribution is -2.17. The van der Waals surface area contributed by atoms with E-state index in [-0.39, 0.29) is 6.04 Å². The molecule has 0 saturated heterocycles. The van der Waals surface area contributed by atoms with Gasteiger partial charge in [-0.15, -0.1) is 11.3 Å². The van der Waals surface area contributed by atoms with Crippen LogP contribution in [0.4, 0.5) is 0 Å². The average molecular weight is 221 g/mol. The molecule has 3 heteroatoms. The molecule has 1 aromatic carbocycles. The normalized spacial score (nSPS) is 13.0. The van der Waals surface area contributed by atoms with Crippen LogP contribution in [0.2, 0.25) is 0 Å². The molecule has 2 N–H and O–H groups in total. The van der Waals surface area contributed by atoms with Gasteiger partial charge in [-0.2, -0.15) is 0 Å². The van der Waals surface area contributed by atoms with Crippen molar-refractivity contribution in [3.8, 4) is 5.75 Å². The van der Waals surface area contributed by atoms with Gasteiger partial charge in [-0.1, -0.05) is 0 Å². The van der Waals surface area contributed by atoms with E-state index in [2.05, 4.69) is 17.5 Å². The average Bonchev–Trinajstić information content (AvgIpc) is 2.60. The van der Waals surface area contributed by atoms with Crippen LogP contribution in [0.5, 0.6) is 5.75 Å². The fourth-order valence-corrected chi connectivity index (χ4v) is 2.70. The quantitative estimate of drug-likeness (QED) is 0.865. The fourth-order valence-electron chi connectivity index (χ4n) is 1.70. The summed E-state index contributed by atoms with van der Waals surface area (Å²) < 4.78 is 6.46. The Kier molecular flexibility index (Phi) is 2.93. The molecule has 0 aliphatic rings. The minimum Gasteiger partial charge on any atom is -0.497 e. The van der Waals surface area contributed by atoms with Crippen LogP contribution >= 0.6 is 11.3 Å². The van der Waals surface area contributed by atoms with Crippen LogP contribution in [-0.2, 0) is 6.42 Å². The van der Waals surface area contributed by atoms with Gasteiger partial charge in [0.25, 0.3) is 0 Å². The molecule has 0 aliphatic carbocycles. The molecule has 1 unspecified atom stereocenters. The van der Waals surface area contributed by atoms with Crippen LogP contribution < -0.4 is 10.5 Å². The summed E-state index contributed by atoms with van der Waals surface area (Å²) in [5, 5.41) is 3.49. The molecule has 80 valence electrons. The number of nitrogens with two attached hydrogens (primary N) is 1. The van der Waals surface area contributed by atoms with E-state index < -0.39 is 0 Å². The van der Waals surface area contributed by atoms with Crippen molar-refractivity contribution in [1.29, 1.82) is 0 Å². The van der Waals surface area contributed by atoms with Crippen molar-refractivity contribution in [3.05, 3.63) is 29.1 Å². The predicted octanol–water partition coefficient (Wildman–Crippen LogP) is 2.80. The summed E-state index contributed by atoms with van der Waals surface area (Å²) >= 11 is 1.75. The van der Waals surface area contributed by atoms with Gasteiger partial charge >= 0.3 is 0 Å². The molecule has 2 rings (SSSR count). The number of rotatable bonds is 3. The highest BCUT2D eigenvalue weighted by molar-refractivity contribution is 7.17. The van der Waals surface area contributed by atoms with Gasteiger partial charge in [0.2, 0.25) is 0 Å². The molecule has 0 spiro atoms. The van der Waals surface area contributed by atoms with Crippen LogP contribution in [-0.4, -0.2) is 13.2 Å². The molecule has 1 atom stereocenters. The molecule has 1 aromatic heterocycles. The van der Waals surface area contributed by atoms with Gasteiger partial charge in [-0.3, -0.25) is 0 Å². The highest BCUT2D eigenvalue weighted by Gasteiger charge is 2.06. The second kappa shape index (κ2) is 4.21. The predicted molar refractivity (Wildman–Crippen MR) is 65.7 cm³/mol. The maximum Gasteiger partial charge on any atom is 0.120 e. The minimum absolute atomic E-state index is 0.213. The molecular weight excluding hydrogens is 206 g/mol. The Morgan fingerprint density at radius 2 is 2.27 bits per heavy atom. The molecule has 0 bridgehead atoms. The van der Waals surface area contributed by atoms with E-state index in [1.54, 1.807) is 18.4 Å². The molecule has 15 heavy (non-hydrogen) atoms. The zero-order valence-electron chi connectivity index (χ0n) is 8.99.